The van der Waals surface area contributed by atoms with Crippen LogP contribution in [0.4, 0.5) is 29.2 Å². The van der Waals surface area contributed by atoms with E-state index >= 15 is 0 Å². The topological polar surface area (TPSA) is 114 Å². The molecule has 0 radical (unpaired) electrons. The fourth-order valence-corrected chi connectivity index (χ4v) is 4.21. The molecular weight excluding hydrogens is 514 g/mol. The van der Waals surface area contributed by atoms with Gasteiger partial charge in [-0.15, -0.1) is 0 Å². The number of pyridine rings is 1. The molecule has 1 amide bonds. The molecule has 7 nitrogen and oxygen atoms in total. The van der Waals surface area contributed by atoms with Crippen molar-refractivity contribution in [3.63, 3.8) is 0 Å². The van der Waals surface area contributed by atoms with Gasteiger partial charge in [0.1, 0.15) is 5.75 Å². The maximum Gasteiger partial charge on any atom is 0.416 e. The highest BCUT2D eigenvalue weighted by atomic mass is 19.4. The summed E-state index contributed by atoms with van der Waals surface area (Å²) in [6.07, 6.45) is -1.85. The molecule has 0 aliphatic carbocycles. The van der Waals surface area contributed by atoms with Crippen molar-refractivity contribution in [3.05, 3.63) is 95.7 Å². The van der Waals surface area contributed by atoms with E-state index in [-0.39, 0.29) is 28.5 Å². The van der Waals surface area contributed by atoms with Gasteiger partial charge >= 0.3 is 6.18 Å². The van der Waals surface area contributed by atoms with Gasteiger partial charge in [-0.25, -0.2) is 15.0 Å². The number of aromatic hydroxyl groups is 1. The van der Waals surface area contributed by atoms with E-state index < -0.39 is 23.6 Å². The largest absolute Gasteiger partial charge is 0.507 e. The van der Waals surface area contributed by atoms with E-state index in [4.69, 9.17) is 5.73 Å². The molecule has 3 aromatic carbocycles. The summed E-state index contributed by atoms with van der Waals surface area (Å²) in [5.41, 5.74) is 7.51. The van der Waals surface area contributed by atoms with Gasteiger partial charge in [0.25, 0.3) is 5.91 Å². The summed E-state index contributed by atoms with van der Waals surface area (Å²) in [6, 6.07) is 13.2. The fourth-order valence-electron chi connectivity index (χ4n) is 4.21. The van der Waals surface area contributed by atoms with Crippen LogP contribution in [-0.4, -0.2) is 26.0 Å². The molecule has 0 atom stereocenters. The standard InChI is InChI=1S/C28H19F4N5O2/c1-14-5-7-19(36-26(39)15-3-2-4-18(9-15)28(30,31)32)11-20(14)21-10-17-13-35-27(33)37-24(17)23(25(21)38)16-6-8-22(29)34-12-16/h2-13,38H,1H3,(H,36,39)(H2,33,35,37). The lowest BCUT2D eigenvalue weighted by atomic mass is 9.92. The number of aryl methyl sites for hydroxylation is 1. The molecule has 0 bridgehead atoms. The fraction of sp³-hybridized carbons (Fsp3) is 0.0714. The van der Waals surface area contributed by atoms with Gasteiger partial charge in [-0.2, -0.15) is 17.6 Å². The molecule has 0 saturated heterocycles. The van der Waals surface area contributed by atoms with Crippen molar-refractivity contribution in [3.8, 4) is 28.0 Å². The smallest absolute Gasteiger partial charge is 0.416 e. The number of phenolic OH excluding ortho intramolecular Hbond substituents is 1. The van der Waals surface area contributed by atoms with E-state index in [1.165, 1.54) is 24.5 Å². The Hall–Kier alpha value is -5.06. The summed E-state index contributed by atoms with van der Waals surface area (Å²) in [5.74, 6) is -1.66. The zero-order valence-electron chi connectivity index (χ0n) is 20.2. The number of nitrogens with one attached hydrogen (secondary N) is 1. The second-order valence-electron chi connectivity index (χ2n) is 8.75. The van der Waals surface area contributed by atoms with Crippen LogP contribution in [0.15, 0.2) is 73.1 Å². The summed E-state index contributed by atoms with van der Waals surface area (Å²) in [6.45, 7) is 1.79. The number of benzene rings is 3. The molecule has 39 heavy (non-hydrogen) atoms. The van der Waals surface area contributed by atoms with Crippen molar-refractivity contribution < 1.29 is 27.5 Å². The summed E-state index contributed by atoms with van der Waals surface area (Å²) in [4.78, 5) is 24.7. The Morgan fingerprint density at radius 3 is 2.49 bits per heavy atom. The predicted octanol–water partition coefficient (Wildman–Crippen LogP) is 6.37. The number of anilines is 2. The normalized spacial score (nSPS) is 11.5. The summed E-state index contributed by atoms with van der Waals surface area (Å²) in [5, 5.41) is 14.6. The highest BCUT2D eigenvalue weighted by Gasteiger charge is 2.31. The van der Waals surface area contributed by atoms with Crippen LogP contribution in [0.5, 0.6) is 5.75 Å². The van der Waals surface area contributed by atoms with Crippen LogP contribution >= 0.6 is 0 Å². The van der Waals surface area contributed by atoms with Gasteiger partial charge in [-0.05, 0) is 66.6 Å². The third-order valence-corrected chi connectivity index (χ3v) is 6.12. The molecular formula is C28H19F4N5O2. The van der Waals surface area contributed by atoms with Crippen LogP contribution in [0.2, 0.25) is 0 Å². The van der Waals surface area contributed by atoms with E-state index in [1.54, 1.807) is 31.2 Å². The van der Waals surface area contributed by atoms with Gasteiger partial charge in [0, 0.05) is 40.2 Å². The molecule has 5 rings (SSSR count). The number of nitrogen functional groups attached to an aromatic ring is 1. The molecule has 4 N–H and O–H groups in total. The minimum Gasteiger partial charge on any atom is -0.507 e. The van der Waals surface area contributed by atoms with Crippen LogP contribution in [0.3, 0.4) is 0 Å². The molecule has 0 spiro atoms. The predicted molar refractivity (Wildman–Crippen MR) is 138 cm³/mol. The van der Waals surface area contributed by atoms with Gasteiger partial charge in [-0.3, -0.25) is 4.79 Å². The van der Waals surface area contributed by atoms with Gasteiger partial charge < -0.3 is 16.2 Å². The van der Waals surface area contributed by atoms with Gasteiger partial charge in [0.2, 0.25) is 11.9 Å². The third kappa shape index (κ3) is 5.06. The molecule has 2 heterocycles. The summed E-state index contributed by atoms with van der Waals surface area (Å²) in [7, 11) is 0. The van der Waals surface area contributed by atoms with Gasteiger partial charge in [0.05, 0.1) is 16.6 Å². The second kappa shape index (κ2) is 9.67. The van der Waals surface area contributed by atoms with Crippen LogP contribution in [-0.2, 0) is 6.18 Å². The maximum absolute atomic E-state index is 13.5. The molecule has 5 aromatic rings. The Balaban J connectivity index is 1.60. The van der Waals surface area contributed by atoms with Crippen molar-refractivity contribution in [2.75, 3.05) is 11.1 Å². The van der Waals surface area contributed by atoms with Crippen molar-refractivity contribution in [2.45, 2.75) is 13.1 Å². The number of carbonyl (C=O) groups excluding carboxylic acids is 1. The minimum absolute atomic E-state index is 0.0264. The molecule has 11 heteroatoms. The first kappa shape index (κ1) is 25.6. The van der Waals surface area contributed by atoms with Crippen molar-refractivity contribution in [1.82, 2.24) is 15.0 Å². The van der Waals surface area contributed by atoms with Gasteiger partial charge in [0.15, 0.2) is 0 Å². The minimum atomic E-state index is -4.59. The first-order valence-electron chi connectivity index (χ1n) is 11.5. The number of carbonyl (C=O) groups is 1. The average molecular weight is 533 g/mol. The number of phenols is 1. The lowest BCUT2D eigenvalue weighted by Crippen LogP contribution is -2.14. The van der Waals surface area contributed by atoms with E-state index in [0.717, 1.165) is 29.8 Å². The number of halogens is 4. The summed E-state index contributed by atoms with van der Waals surface area (Å²) < 4.78 is 52.8. The Kier molecular flexibility index (Phi) is 6.35. The van der Waals surface area contributed by atoms with Crippen molar-refractivity contribution in [2.24, 2.45) is 0 Å². The average Bonchev–Trinajstić information content (AvgIpc) is 2.90. The molecule has 2 aromatic heterocycles. The number of fused-ring (bicyclic) bond motifs is 1. The Morgan fingerprint density at radius 1 is 0.974 bits per heavy atom. The number of alkyl halides is 3. The zero-order valence-corrected chi connectivity index (χ0v) is 20.2. The van der Waals surface area contributed by atoms with E-state index in [0.29, 0.717) is 27.6 Å². The van der Waals surface area contributed by atoms with Crippen molar-refractivity contribution >= 4 is 28.4 Å². The molecule has 0 aliphatic rings. The molecule has 0 fully saturated rings. The highest BCUT2D eigenvalue weighted by Crippen LogP contribution is 2.44. The Labute approximate surface area is 219 Å². The highest BCUT2D eigenvalue weighted by molar-refractivity contribution is 6.06. The van der Waals surface area contributed by atoms with Crippen molar-refractivity contribution in [1.29, 1.82) is 0 Å². The Bertz CT molecular complexity index is 1740. The van der Waals surface area contributed by atoms with Crippen LogP contribution in [0.1, 0.15) is 21.5 Å². The van der Waals surface area contributed by atoms with Crippen LogP contribution < -0.4 is 11.1 Å². The second-order valence-corrected chi connectivity index (χ2v) is 8.75. The number of nitrogens with two attached hydrogens (primary N) is 1. The number of amides is 1. The number of hydrogen-bond acceptors (Lipinski definition) is 6. The first-order chi connectivity index (χ1) is 18.5. The lowest BCUT2D eigenvalue weighted by molar-refractivity contribution is -0.137. The van der Waals surface area contributed by atoms with Crippen LogP contribution in [0.25, 0.3) is 33.2 Å². The first-order valence-corrected chi connectivity index (χ1v) is 11.5. The zero-order chi connectivity index (χ0) is 27.9. The maximum atomic E-state index is 13.5. The third-order valence-electron chi connectivity index (χ3n) is 6.12. The quantitative estimate of drug-likeness (QED) is 0.183. The molecule has 196 valence electrons. The number of nitrogens with zero attached hydrogens (tertiary/aromatic N) is 3. The molecule has 0 saturated carbocycles. The monoisotopic (exact) mass is 533 g/mol. The van der Waals surface area contributed by atoms with E-state index in [9.17, 15) is 27.5 Å². The van der Waals surface area contributed by atoms with Crippen LogP contribution in [0, 0.1) is 12.9 Å². The summed E-state index contributed by atoms with van der Waals surface area (Å²) >= 11 is 0. The SMILES string of the molecule is Cc1ccc(NC(=O)c2cccc(C(F)(F)F)c2)cc1-c1cc2cnc(N)nc2c(-c2ccc(F)nc2)c1O. The molecule has 0 unspecified atom stereocenters. The van der Waals surface area contributed by atoms with E-state index in [2.05, 4.69) is 20.3 Å². The van der Waals surface area contributed by atoms with Gasteiger partial charge in [-0.1, -0.05) is 12.1 Å². The van der Waals surface area contributed by atoms with E-state index in [1.807, 2.05) is 0 Å². The molecule has 0 aliphatic heterocycles. The number of hydrogen-bond donors (Lipinski definition) is 3. The number of aromatic nitrogens is 3. The number of rotatable bonds is 4. The Morgan fingerprint density at radius 2 is 1.77 bits per heavy atom. The lowest BCUT2D eigenvalue weighted by Gasteiger charge is -2.16.